The van der Waals surface area contributed by atoms with Crippen LogP contribution >= 0.6 is 12.4 Å². The maximum absolute atomic E-state index is 12.7. The minimum Gasteiger partial charge on any atom is -0.352 e. The number of rotatable bonds is 4. The first-order valence-corrected chi connectivity index (χ1v) is 8.06. The Morgan fingerprint density at radius 3 is 2.50 bits per heavy atom. The van der Waals surface area contributed by atoms with Crippen molar-refractivity contribution in [2.24, 2.45) is 5.92 Å². The SMILES string of the molecule is CCc1ccc(C(C)(C)C(=O)NC2CCNCC2C)cc1.Cl. The second-order valence-corrected chi connectivity index (χ2v) is 6.73. The molecule has 1 heterocycles. The molecule has 2 N–H and O–H groups in total. The van der Waals surface area contributed by atoms with Crippen molar-refractivity contribution in [3.8, 4) is 0 Å². The van der Waals surface area contributed by atoms with E-state index in [1.807, 2.05) is 13.8 Å². The Kier molecular flexibility index (Phi) is 6.89. The van der Waals surface area contributed by atoms with Crippen molar-refractivity contribution in [2.75, 3.05) is 13.1 Å². The Bertz CT molecular complexity index is 484. The van der Waals surface area contributed by atoms with Gasteiger partial charge in [-0.2, -0.15) is 0 Å². The van der Waals surface area contributed by atoms with Crippen LogP contribution in [-0.4, -0.2) is 25.0 Å². The first kappa shape index (κ1) is 19.0. The smallest absolute Gasteiger partial charge is 0.230 e. The number of benzene rings is 1. The van der Waals surface area contributed by atoms with Gasteiger partial charge in [0.15, 0.2) is 0 Å². The highest BCUT2D eigenvalue weighted by Crippen LogP contribution is 2.25. The van der Waals surface area contributed by atoms with E-state index >= 15 is 0 Å². The first-order valence-electron chi connectivity index (χ1n) is 8.06. The molecule has 1 aromatic carbocycles. The molecular formula is C18H29ClN2O. The monoisotopic (exact) mass is 324 g/mol. The molecule has 2 unspecified atom stereocenters. The summed E-state index contributed by atoms with van der Waals surface area (Å²) in [4.78, 5) is 12.7. The molecule has 124 valence electrons. The van der Waals surface area contributed by atoms with Crippen molar-refractivity contribution in [2.45, 2.75) is 52.0 Å². The maximum atomic E-state index is 12.7. The van der Waals surface area contributed by atoms with Gasteiger partial charge in [-0.1, -0.05) is 38.1 Å². The average molecular weight is 325 g/mol. The summed E-state index contributed by atoms with van der Waals surface area (Å²) in [5.74, 6) is 0.617. The molecule has 1 aliphatic heterocycles. The second-order valence-electron chi connectivity index (χ2n) is 6.73. The lowest BCUT2D eigenvalue weighted by Crippen LogP contribution is -2.52. The fraction of sp³-hybridized carbons (Fsp3) is 0.611. The molecule has 0 spiro atoms. The Balaban J connectivity index is 0.00000242. The molecule has 22 heavy (non-hydrogen) atoms. The number of piperidine rings is 1. The molecular weight excluding hydrogens is 296 g/mol. The lowest BCUT2D eigenvalue weighted by Gasteiger charge is -2.33. The predicted octanol–water partition coefficient (Wildman–Crippen LogP) is 3.06. The van der Waals surface area contributed by atoms with Gasteiger partial charge in [-0.25, -0.2) is 0 Å². The molecule has 2 atom stereocenters. The van der Waals surface area contributed by atoms with E-state index in [1.165, 1.54) is 5.56 Å². The third kappa shape index (κ3) is 4.23. The van der Waals surface area contributed by atoms with E-state index in [-0.39, 0.29) is 24.4 Å². The van der Waals surface area contributed by atoms with Crippen LogP contribution in [-0.2, 0) is 16.6 Å². The third-order valence-electron chi connectivity index (χ3n) is 4.75. The summed E-state index contributed by atoms with van der Waals surface area (Å²) in [6.45, 7) is 10.3. The molecule has 1 fully saturated rings. The summed E-state index contributed by atoms with van der Waals surface area (Å²) >= 11 is 0. The predicted molar refractivity (Wildman–Crippen MR) is 94.7 cm³/mol. The van der Waals surface area contributed by atoms with Gasteiger partial charge in [-0.15, -0.1) is 12.4 Å². The van der Waals surface area contributed by atoms with Crippen LogP contribution in [0.25, 0.3) is 0 Å². The summed E-state index contributed by atoms with van der Waals surface area (Å²) in [6, 6.07) is 8.71. The van der Waals surface area contributed by atoms with Crippen molar-refractivity contribution in [3.63, 3.8) is 0 Å². The highest BCUT2D eigenvalue weighted by molar-refractivity contribution is 5.87. The normalized spacial score (nSPS) is 21.8. The summed E-state index contributed by atoms with van der Waals surface area (Å²) in [6.07, 6.45) is 2.04. The van der Waals surface area contributed by atoms with Gasteiger partial charge < -0.3 is 10.6 Å². The van der Waals surface area contributed by atoms with Crippen LogP contribution in [0.1, 0.15) is 45.2 Å². The number of aryl methyl sites for hydroxylation is 1. The Morgan fingerprint density at radius 2 is 1.95 bits per heavy atom. The fourth-order valence-electron chi connectivity index (χ4n) is 2.87. The zero-order valence-corrected chi connectivity index (χ0v) is 14.9. The average Bonchev–Trinajstić information content (AvgIpc) is 2.49. The van der Waals surface area contributed by atoms with Crippen molar-refractivity contribution < 1.29 is 4.79 Å². The lowest BCUT2D eigenvalue weighted by atomic mass is 9.82. The standard InChI is InChI=1S/C18H28N2O.ClH/c1-5-14-6-8-15(9-7-14)18(3,4)17(21)20-16-10-11-19-12-13(16)2;/h6-9,13,16,19H,5,10-12H2,1-4H3,(H,20,21);1H. The molecule has 1 amide bonds. The van der Waals surface area contributed by atoms with Crippen LogP contribution in [0.4, 0.5) is 0 Å². The van der Waals surface area contributed by atoms with E-state index < -0.39 is 5.41 Å². The fourth-order valence-corrected chi connectivity index (χ4v) is 2.87. The van der Waals surface area contributed by atoms with E-state index in [4.69, 9.17) is 0 Å². The topological polar surface area (TPSA) is 41.1 Å². The zero-order chi connectivity index (χ0) is 15.5. The van der Waals surface area contributed by atoms with Gasteiger partial charge >= 0.3 is 0 Å². The number of halogens is 1. The summed E-state index contributed by atoms with van der Waals surface area (Å²) in [5.41, 5.74) is 1.90. The van der Waals surface area contributed by atoms with Crippen LogP contribution < -0.4 is 10.6 Å². The van der Waals surface area contributed by atoms with Gasteiger partial charge in [-0.3, -0.25) is 4.79 Å². The third-order valence-corrected chi connectivity index (χ3v) is 4.75. The Hall–Kier alpha value is -1.06. The van der Waals surface area contributed by atoms with Gasteiger partial charge in [-0.05, 0) is 56.8 Å². The van der Waals surface area contributed by atoms with Crippen molar-refractivity contribution in [3.05, 3.63) is 35.4 Å². The van der Waals surface area contributed by atoms with Crippen LogP contribution in [0.3, 0.4) is 0 Å². The first-order chi connectivity index (χ1) is 9.95. The highest BCUT2D eigenvalue weighted by atomic mass is 35.5. The van der Waals surface area contributed by atoms with E-state index in [0.717, 1.165) is 31.5 Å². The molecule has 1 aliphatic rings. The van der Waals surface area contributed by atoms with E-state index in [0.29, 0.717) is 5.92 Å². The molecule has 0 bridgehead atoms. The van der Waals surface area contributed by atoms with Crippen LogP contribution in [0.5, 0.6) is 0 Å². The van der Waals surface area contributed by atoms with E-state index in [9.17, 15) is 4.79 Å². The van der Waals surface area contributed by atoms with E-state index in [1.54, 1.807) is 0 Å². The molecule has 0 saturated carbocycles. The number of nitrogens with one attached hydrogen (secondary N) is 2. The van der Waals surface area contributed by atoms with Gasteiger partial charge in [0.05, 0.1) is 5.41 Å². The van der Waals surface area contributed by atoms with Crippen molar-refractivity contribution in [1.82, 2.24) is 10.6 Å². The van der Waals surface area contributed by atoms with E-state index in [2.05, 4.69) is 48.7 Å². The van der Waals surface area contributed by atoms with Crippen molar-refractivity contribution in [1.29, 1.82) is 0 Å². The molecule has 1 saturated heterocycles. The quantitative estimate of drug-likeness (QED) is 0.893. The Morgan fingerprint density at radius 1 is 1.32 bits per heavy atom. The number of hydrogen-bond acceptors (Lipinski definition) is 2. The molecule has 0 aliphatic carbocycles. The molecule has 4 heteroatoms. The number of amides is 1. The van der Waals surface area contributed by atoms with Gasteiger partial charge in [0.2, 0.25) is 5.91 Å². The second kappa shape index (κ2) is 7.98. The van der Waals surface area contributed by atoms with Gasteiger partial charge in [0.1, 0.15) is 0 Å². The molecule has 0 radical (unpaired) electrons. The number of carbonyl (C=O) groups excluding carboxylic acids is 1. The molecule has 3 nitrogen and oxygen atoms in total. The Labute approximate surface area is 140 Å². The largest absolute Gasteiger partial charge is 0.352 e. The number of hydrogen-bond donors (Lipinski definition) is 2. The van der Waals surface area contributed by atoms with Gasteiger partial charge in [0.25, 0.3) is 0 Å². The summed E-state index contributed by atoms with van der Waals surface area (Å²) in [5, 5.41) is 6.63. The zero-order valence-electron chi connectivity index (χ0n) is 14.1. The maximum Gasteiger partial charge on any atom is 0.230 e. The minimum atomic E-state index is -0.489. The van der Waals surface area contributed by atoms with Crippen molar-refractivity contribution >= 4 is 18.3 Å². The summed E-state index contributed by atoms with van der Waals surface area (Å²) in [7, 11) is 0. The van der Waals surface area contributed by atoms with Gasteiger partial charge in [0, 0.05) is 6.04 Å². The molecule has 1 aromatic rings. The lowest BCUT2D eigenvalue weighted by molar-refractivity contribution is -0.126. The van der Waals surface area contributed by atoms with Crippen LogP contribution in [0.15, 0.2) is 24.3 Å². The molecule has 2 rings (SSSR count). The highest BCUT2D eigenvalue weighted by Gasteiger charge is 2.33. The summed E-state index contributed by atoms with van der Waals surface area (Å²) < 4.78 is 0. The number of carbonyl (C=O) groups is 1. The minimum absolute atomic E-state index is 0. The molecule has 0 aromatic heterocycles. The van der Waals surface area contributed by atoms with Crippen LogP contribution in [0.2, 0.25) is 0 Å². The van der Waals surface area contributed by atoms with Crippen LogP contribution in [0, 0.1) is 5.92 Å².